The first kappa shape index (κ1) is 12.0. The van der Waals surface area contributed by atoms with Gasteiger partial charge in [-0.05, 0) is 12.8 Å². The second-order valence-corrected chi connectivity index (χ2v) is 4.35. The summed E-state index contributed by atoms with van der Waals surface area (Å²) in [5.74, 6) is 0. The lowest BCUT2D eigenvalue weighted by molar-refractivity contribution is 0.103. The SMILES string of the molecule is CCN(CC)NC1(N)CCCCCC1. The average molecular weight is 199 g/mol. The molecule has 0 atom stereocenters. The van der Waals surface area contributed by atoms with E-state index in [2.05, 4.69) is 24.3 Å². The molecule has 1 aliphatic rings. The summed E-state index contributed by atoms with van der Waals surface area (Å²) >= 11 is 0. The van der Waals surface area contributed by atoms with Gasteiger partial charge in [0, 0.05) is 13.1 Å². The summed E-state index contributed by atoms with van der Waals surface area (Å²) < 4.78 is 0. The molecular weight excluding hydrogens is 174 g/mol. The second kappa shape index (κ2) is 5.69. The molecule has 0 aliphatic heterocycles. The summed E-state index contributed by atoms with van der Waals surface area (Å²) in [4.78, 5) is 0. The van der Waals surface area contributed by atoms with Crippen LogP contribution in [0.2, 0.25) is 0 Å². The van der Waals surface area contributed by atoms with Crippen molar-refractivity contribution in [3.8, 4) is 0 Å². The van der Waals surface area contributed by atoms with E-state index in [9.17, 15) is 0 Å². The fourth-order valence-corrected chi connectivity index (χ4v) is 2.17. The molecule has 0 radical (unpaired) electrons. The van der Waals surface area contributed by atoms with Crippen molar-refractivity contribution in [1.29, 1.82) is 0 Å². The van der Waals surface area contributed by atoms with Crippen molar-refractivity contribution in [3.05, 3.63) is 0 Å². The molecule has 0 saturated heterocycles. The maximum Gasteiger partial charge on any atom is 0.0794 e. The molecule has 3 nitrogen and oxygen atoms in total. The fraction of sp³-hybridized carbons (Fsp3) is 1.00. The number of rotatable bonds is 4. The summed E-state index contributed by atoms with van der Waals surface area (Å²) in [6.45, 7) is 6.37. The maximum absolute atomic E-state index is 6.36. The summed E-state index contributed by atoms with van der Waals surface area (Å²) in [7, 11) is 0. The van der Waals surface area contributed by atoms with Crippen molar-refractivity contribution < 1.29 is 0 Å². The van der Waals surface area contributed by atoms with Crippen LogP contribution in [0.3, 0.4) is 0 Å². The highest BCUT2D eigenvalue weighted by Crippen LogP contribution is 2.22. The van der Waals surface area contributed by atoms with Crippen LogP contribution in [0.25, 0.3) is 0 Å². The Morgan fingerprint density at radius 2 is 1.57 bits per heavy atom. The van der Waals surface area contributed by atoms with E-state index in [4.69, 9.17) is 5.73 Å². The Kier molecular flexibility index (Phi) is 4.85. The van der Waals surface area contributed by atoms with Gasteiger partial charge >= 0.3 is 0 Å². The Bertz CT molecular complexity index is 147. The van der Waals surface area contributed by atoms with Crippen LogP contribution >= 0.6 is 0 Å². The van der Waals surface area contributed by atoms with Gasteiger partial charge in [0.2, 0.25) is 0 Å². The predicted molar refractivity (Wildman–Crippen MR) is 60.7 cm³/mol. The molecule has 0 heterocycles. The van der Waals surface area contributed by atoms with Crippen molar-refractivity contribution in [2.45, 2.75) is 58.0 Å². The summed E-state index contributed by atoms with van der Waals surface area (Å²) in [6, 6.07) is 0. The zero-order valence-electron chi connectivity index (χ0n) is 9.68. The van der Waals surface area contributed by atoms with Crippen LogP contribution in [0, 0.1) is 0 Å². The molecule has 1 rings (SSSR count). The van der Waals surface area contributed by atoms with Crippen molar-refractivity contribution in [2.75, 3.05) is 13.1 Å². The topological polar surface area (TPSA) is 41.3 Å². The van der Waals surface area contributed by atoms with E-state index in [-0.39, 0.29) is 5.66 Å². The van der Waals surface area contributed by atoms with Crippen LogP contribution in [-0.4, -0.2) is 23.8 Å². The van der Waals surface area contributed by atoms with Gasteiger partial charge in [-0.1, -0.05) is 39.5 Å². The summed E-state index contributed by atoms with van der Waals surface area (Å²) in [5.41, 5.74) is 9.70. The molecule has 0 unspecified atom stereocenters. The number of nitrogens with zero attached hydrogens (tertiary/aromatic N) is 1. The molecule has 0 bridgehead atoms. The van der Waals surface area contributed by atoms with Gasteiger partial charge in [0.05, 0.1) is 5.66 Å². The number of nitrogens with one attached hydrogen (secondary N) is 1. The standard InChI is InChI=1S/C11H25N3/c1-3-14(4-2)13-11(12)9-7-5-6-8-10-11/h13H,3-10,12H2,1-2H3. The molecule has 3 heteroatoms. The van der Waals surface area contributed by atoms with Gasteiger partial charge in [-0.3, -0.25) is 0 Å². The first-order valence-electron chi connectivity index (χ1n) is 6.02. The maximum atomic E-state index is 6.36. The summed E-state index contributed by atoms with van der Waals surface area (Å²) in [5, 5.41) is 2.21. The molecule has 0 aromatic heterocycles. The quantitative estimate of drug-likeness (QED) is 0.412. The minimum absolute atomic E-state index is 0.136. The van der Waals surface area contributed by atoms with Gasteiger partial charge in [-0.2, -0.15) is 0 Å². The van der Waals surface area contributed by atoms with Crippen LogP contribution in [-0.2, 0) is 0 Å². The molecule has 3 N–H and O–H groups in total. The fourth-order valence-electron chi connectivity index (χ4n) is 2.17. The van der Waals surface area contributed by atoms with E-state index in [0.29, 0.717) is 0 Å². The Hall–Kier alpha value is -0.120. The minimum Gasteiger partial charge on any atom is -0.312 e. The van der Waals surface area contributed by atoms with E-state index in [1.807, 2.05) is 0 Å². The van der Waals surface area contributed by atoms with Gasteiger partial charge in [0.15, 0.2) is 0 Å². The first-order valence-corrected chi connectivity index (χ1v) is 6.02. The van der Waals surface area contributed by atoms with E-state index in [1.54, 1.807) is 0 Å². The van der Waals surface area contributed by atoms with Crippen LogP contribution in [0.1, 0.15) is 52.4 Å². The molecule has 84 valence electrons. The highest BCUT2D eigenvalue weighted by atomic mass is 15.5. The van der Waals surface area contributed by atoms with Crippen molar-refractivity contribution in [1.82, 2.24) is 10.4 Å². The monoisotopic (exact) mass is 199 g/mol. The van der Waals surface area contributed by atoms with Gasteiger partial charge < -0.3 is 5.73 Å². The highest BCUT2D eigenvalue weighted by molar-refractivity contribution is 4.82. The zero-order valence-corrected chi connectivity index (χ0v) is 9.68. The molecule has 14 heavy (non-hydrogen) atoms. The Labute approximate surface area is 88.0 Å². The Balaban J connectivity index is 2.44. The molecule has 0 aromatic carbocycles. The molecule has 1 saturated carbocycles. The number of hydrogen-bond donors (Lipinski definition) is 2. The Morgan fingerprint density at radius 3 is 2.00 bits per heavy atom. The van der Waals surface area contributed by atoms with Crippen molar-refractivity contribution in [3.63, 3.8) is 0 Å². The van der Waals surface area contributed by atoms with E-state index in [1.165, 1.54) is 25.7 Å². The van der Waals surface area contributed by atoms with Crippen LogP contribution in [0.5, 0.6) is 0 Å². The number of hydrazine groups is 1. The summed E-state index contributed by atoms with van der Waals surface area (Å²) in [6.07, 6.45) is 7.46. The van der Waals surface area contributed by atoms with Crippen molar-refractivity contribution in [2.24, 2.45) is 5.73 Å². The van der Waals surface area contributed by atoms with Crippen LogP contribution in [0.15, 0.2) is 0 Å². The van der Waals surface area contributed by atoms with Crippen molar-refractivity contribution >= 4 is 0 Å². The van der Waals surface area contributed by atoms with E-state index in [0.717, 1.165) is 25.9 Å². The molecule has 0 amide bonds. The molecule has 0 aromatic rings. The third-order valence-corrected chi connectivity index (χ3v) is 3.14. The van der Waals surface area contributed by atoms with E-state index < -0.39 is 0 Å². The third kappa shape index (κ3) is 3.56. The lowest BCUT2D eigenvalue weighted by atomic mass is 10.0. The lowest BCUT2D eigenvalue weighted by Crippen LogP contribution is -2.59. The van der Waals surface area contributed by atoms with E-state index >= 15 is 0 Å². The predicted octanol–water partition coefficient (Wildman–Crippen LogP) is 1.84. The molecular formula is C11H25N3. The number of nitrogens with two attached hydrogens (primary N) is 1. The second-order valence-electron chi connectivity index (χ2n) is 4.35. The zero-order chi connectivity index (χ0) is 10.4. The minimum atomic E-state index is -0.136. The smallest absolute Gasteiger partial charge is 0.0794 e. The molecule has 1 fully saturated rings. The average Bonchev–Trinajstić information content (AvgIpc) is 2.40. The first-order chi connectivity index (χ1) is 6.70. The molecule has 1 aliphatic carbocycles. The highest BCUT2D eigenvalue weighted by Gasteiger charge is 2.26. The Morgan fingerprint density at radius 1 is 1.07 bits per heavy atom. The third-order valence-electron chi connectivity index (χ3n) is 3.14. The largest absolute Gasteiger partial charge is 0.312 e. The molecule has 0 spiro atoms. The van der Waals surface area contributed by atoms with Gasteiger partial charge in [-0.25, -0.2) is 10.4 Å². The van der Waals surface area contributed by atoms with Gasteiger partial charge in [-0.15, -0.1) is 0 Å². The lowest BCUT2D eigenvalue weighted by Gasteiger charge is -2.35. The number of hydrogen-bond acceptors (Lipinski definition) is 3. The van der Waals surface area contributed by atoms with Crippen LogP contribution < -0.4 is 11.2 Å². The normalized spacial score (nSPS) is 22.3. The van der Waals surface area contributed by atoms with Crippen LogP contribution in [0.4, 0.5) is 0 Å². The van der Waals surface area contributed by atoms with Gasteiger partial charge in [0.1, 0.15) is 0 Å². The van der Waals surface area contributed by atoms with Gasteiger partial charge in [0.25, 0.3) is 0 Å².